The molecule has 1 aromatic heterocycles. The van der Waals surface area contributed by atoms with E-state index in [4.69, 9.17) is 0 Å². The fourth-order valence-electron chi connectivity index (χ4n) is 2.46. The molecule has 5 heteroatoms. The number of fused-ring (bicyclic) bond motifs is 1. The molecule has 2 heterocycles. The highest BCUT2D eigenvalue weighted by molar-refractivity contribution is 6.01. The first-order valence-electron chi connectivity index (χ1n) is 6.12. The lowest BCUT2D eigenvalue weighted by Gasteiger charge is -2.28. The Morgan fingerprint density at radius 2 is 2.05 bits per heavy atom. The summed E-state index contributed by atoms with van der Waals surface area (Å²) in [7, 11) is 0. The molecule has 5 nitrogen and oxygen atoms in total. The molecular formula is C14H14N4O. The molecule has 1 atom stereocenters. The monoisotopic (exact) mass is 254 g/mol. The van der Waals surface area contributed by atoms with Crippen LogP contribution in [0.3, 0.4) is 0 Å². The number of carbonyl (C=O) groups is 1. The van der Waals surface area contributed by atoms with Crippen molar-refractivity contribution in [3.05, 3.63) is 47.8 Å². The Bertz CT molecular complexity index is 657. The van der Waals surface area contributed by atoms with E-state index in [1.54, 1.807) is 11.6 Å². The molecule has 1 aromatic carbocycles. The molecule has 3 rings (SSSR count). The van der Waals surface area contributed by atoms with E-state index in [1.807, 2.05) is 37.3 Å². The molecule has 0 radical (unpaired) electrons. The smallest absolute Gasteiger partial charge is 0.226 e. The van der Waals surface area contributed by atoms with Crippen LogP contribution >= 0.6 is 0 Å². The second-order valence-corrected chi connectivity index (χ2v) is 4.54. The van der Waals surface area contributed by atoms with Gasteiger partial charge >= 0.3 is 0 Å². The Balaban J connectivity index is 2.16. The Morgan fingerprint density at radius 3 is 2.74 bits per heavy atom. The van der Waals surface area contributed by atoms with Crippen molar-refractivity contribution in [2.24, 2.45) is 0 Å². The Kier molecular flexibility index (Phi) is 2.67. The standard InChI is InChI=1S/C14H14N4O/c1-9-12(10(2)19)13(11-6-4-3-5-7-11)17-14-15-8-16-18(9)14/h3-8,13H,1-2H3,(H,15,16,17). The third-order valence-corrected chi connectivity index (χ3v) is 3.33. The van der Waals surface area contributed by atoms with Gasteiger partial charge in [0.2, 0.25) is 5.95 Å². The van der Waals surface area contributed by atoms with Gasteiger partial charge in [0.1, 0.15) is 6.33 Å². The van der Waals surface area contributed by atoms with Crippen LogP contribution in [0.5, 0.6) is 0 Å². The van der Waals surface area contributed by atoms with Crippen LogP contribution in [0, 0.1) is 0 Å². The zero-order chi connectivity index (χ0) is 13.4. The minimum absolute atomic E-state index is 0.0417. The number of hydrogen-bond donors (Lipinski definition) is 1. The minimum atomic E-state index is -0.171. The van der Waals surface area contributed by atoms with Crippen molar-refractivity contribution in [1.29, 1.82) is 0 Å². The second-order valence-electron chi connectivity index (χ2n) is 4.54. The molecule has 1 N–H and O–H groups in total. The maximum atomic E-state index is 12.0. The van der Waals surface area contributed by atoms with Gasteiger partial charge in [-0.15, -0.1) is 0 Å². The number of ketones is 1. The number of anilines is 1. The van der Waals surface area contributed by atoms with Crippen molar-refractivity contribution in [1.82, 2.24) is 14.8 Å². The SMILES string of the molecule is CC(=O)C1=C(C)n2ncnc2NC1c1ccccc1. The molecule has 0 saturated carbocycles. The van der Waals surface area contributed by atoms with Gasteiger partial charge in [0.05, 0.1) is 11.7 Å². The van der Waals surface area contributed by atoms with Crippen LogP contribution in [0.15, 0.2) is 42.2 Å². The third kappa shape index (κ3) is 1.83. The number of hydrogen-bond acceptors (Lipinski definition) is 4. The first kappa shape index (κ1) is 11.6. The van der Waals surface area contributed by atoms with Gasteiger partial charge in [0.15, 0.2) is 5.78 Å². The number of nitrogens with zero attached hydrogens (tertiary/aromatic N) is 3. The number of nitrogens with one attached hydrogen (secondary N) is 1. The van der Waals surface area contributed by atoms with Crippen molar-refractivity contribution in [3.8, 4) is 0 Å². The molecule has 19 heavy (non-hydrogen) atoms. The third-order valence-electron chi connectivity index (χ3n) is 3.33. The summed E-state index contributed by atoms with van der Waals surface area (Å²) in [5.74, 6) is 0.705. The average Bonchev–Trinajstić information content (AvgIpc) is 2.87. The normalized spacial score (nSPS) is 17.9. The number of aromatic nitrogens is 3. The van der Waals surface area contributed by atoms with Crippen LogP contribution in [0.1, 0.15) is 25.5 Å². The molecule has 0 saturated heterocycles. The van der Waals surface area contributed by atoms with Crippen LogP contribution in [0.25, 0.3) is 5.70 Å². The van der Waals surface area contributed by atoms with Gasteiger partial charge in [-0.2, -0.15) is 10.1 Å². The molecule has 0 aliphatic carbocycles. The lowest BCUT2D eigenvalue weighted by atomic mass is 9.93. The van der Waals surface area contributed by atoms with Crippen LogP contribution in [0.2, 0.25) is 0 Å². The van der Waals surface area contributed by atoms with Crippen molar-refractivity contribution in [2.45, 2.75) is 19.9 Å². The minimum Gasteiger partial charge on any atom is -0.343 e. The molecule has 2 aromatic rings. The maximum absolute atomic E-state index is 12.0. The van der Waals surface area contributed by atoms with E-state index in [0.717, 1.165) is 16.8 Å². The summed E-state index contributed by atoms with van der Waals surface area (Å²) in [5, 5.41) is 7.40. The van der Waals surface area contributed by atoms with Crippen molar-refractivity contribution in [2.75, 3.05) is 5.32 Å². The summed E-state index contributed by atoms with van der Waals surface area (Å²) >= 11 is 0. The fraction of sp³-hybridized carbons (Fsp3) is 0.214. The molecule has 96 valence electrons. The molecule has 0 bridgehead atoms. The average molecular weight is 254 g/mol. The summed E-state index contributed by atoms with van der Waals surface area (Å²) in [5.41, 5.74) is 2.60. The Labute approximate surface area is 111 Å². The maximum Gasteiger partial charge on any atom is 0.226 e. The first-order chi connectivity index (χ1) is 9.18. The zero-order valence-electron chi connectivity index (χ0n) is 10.8. The van der Waals surface area contributed by atoms with E-state index in [1.165, 1.54) is 6.33 Å². The summed E-state index contributed by atoms with van der Waals surface area (Å²) < 4.78 is 1.66. The van der Waals surface area contributed by atoms with Gasteiger partial charge in [-0.1, -0.05) is 30.3 Å². The quantitative estimate of drug-likeness (QED) is 0.893. The number of rotatable bonds is 2. The highest BCUT2D eigenvalue weighted by Gasteiger charge is 2.29. The van der Waals surface area contributed by atoms with Gasteiger partial charge in [-0.3, -0.25) is 4.79 Å². The van der Waals surface area contributed by atoms with E-state index >= 15 is 0 Å². The van der Waals surface area contributed by atoms with Gasteiger partial charge in [-0.25, -0.2) is 4.68 Å². The van der Waals surface area contributed by atoms with Crippen LogP contribution in [-0.2, 0) is 4.79 Å². The summed E-state index contributed by atoms with van der Waals surface area (Å²) in [6, 6.07) is 9.71. The summed E-state index contributed by atoms with van der Waals surface area (Å²) in [6.45, 7) is 3.48. The lowest BCUT2D eigenvalue weighted by Crippen LogP contribution is -2.26. The van der Waals surface area contributed by atoms with E-state index in [2.05, 4.69) is 15.4 Å². The van der Waals surface area contributed by atoms with Gasteiger partial charge < -0.3 is 5.32 Å². The van der Waals surface area contributed by atoms with Crippen molar-refractivity contribution < 1.29 is 4.79 Å². The Hall–Kier alpha value is -2.43. The number of Topliss-reactive ketones (excluding diaryl/α,β-unsaturated/α-hetero) is 1. The van der Waals surface area contributed by atoms with Crippen LogP contribution in [0.4, 0.5) is 5.95 Å². The van der Waals surface area contributed by atoms with E-state index in [9.17, 15) is 4.79 Å². The van der Waals surface area contributed by atoms with Crippen molar-refractivity contribution >= 4 is 17.4 Å². The van der Waals surface area contributed by atoms with Crippen molar-refractivity contribution in [3.63, 3.8) is 0 Å². The summed E-state index contributed by atoms with van der Waals surface area (Å²) in [6.07, 6.45) is 1.48. The lowest BCUT2D eigenvalue weighted by molar-refractivity contribution is -0.113. The van der Waals surface area contributed by atoms with Crippen LogP contribution < -0.4 is 5.32 Å². The first-order valence-corrected chi connectivity index (χ1v) is 6.12. The highest BCUT2D eigenvalue weighted by atomic mass is 16.1. The van der Waals surface area contributed by atoms with Gasteiger partial charge in [-0.05, 0) is 19.4 Å². The number of allylic oxidation sites excluding steroid dienone is 1. The molecular weight excluding hydrogens is 240 g/mol. The zero-order valence-corrected chi connectivity index (χ0v) is 10.8. The van der Waals surface area contributed by atoms with Gasteiger partial charge in [0, 0.05) is 5.57 Å². The molecule has 1 unspecified atom stereocenters. The fourth-order valence-corrected chi connectivity index (χ4v) is 2.46. The second kappa shape index (κ2) is 4.35. The van der Waals surface area contributed by atoms with E-state index in [-0.39, 0.29) is 11.8 Å². The number of carbonyl (C=O) groups excluding carboxylic acids is 1. The van der Waals surface area contributed by atoms with Gasteiger partial charge in [0.25, 0.3) is 0 Å². The highest BCUT2D eigenvalue weighted by Crippen LogP contribution is 2.34. The Morgan fingerprint density at radius 1 is 1.32 bits per heavy atom. The predicted octanol–water partition coefficient (Wildman–Crippen LogP) is 2.26. The topological polar surface area (TPSA) is 59.8 Å². The molecule has 0 fully saturated rings. The molecule has 1 aliphatic rings. The largest absolute Gasteiger partial charge is 0.343 e. The molecule has 0 spiro atoms. The van der Waals surface area contributed by atoms with Crippen LogP contribution in [-0.4, -0.2) is 20.5 Å². The summed E-state index contributed by atoms with van der Waals surface area (Å²) in [4.78, 5) is 16.1. The molecule has 1 aliphatic heterocycles. The predicted molar refractivity (Wildman–Crippen MR) is 72.4 cm³/mol. The number of benzene rings is 1. The van der Waals surface area contributed by atoms with E-state index < -0.39 is 0 Å². The molecule has 0 amide bonds. The van der Waals surface area contributed by atoms with E-state index in [0.29, 0.717) is 5.95 Å².